The van der Waals surface area contributed by atoms with Crippen molar-refractivity contribution >= 4 is 0 Å². The fraction of sp³-hybridized carbons (Fsp3) is 0.228. The minimum atomic E-state index is -4.76. The quantitative estimate of drug-likeness (QED) is 0.136. The zero-order valence-corrected chi connectivity index (χ0v) is 59.6. The third-order valence-electron chi connectivity index (χ3n) is 14.3. The fourth-order valence-electron chi connectivity index (χ4n) is 8.65. The first kappa shape index (κ1) is 98.5. The first-order valence-corrected chi connectivity index (χ1v) is 31.0. The number of aryl methyl sites for hydroxylation is 7. The van der Waals surface area contributed by atoms with Crippen molar-refractivity contribution in [2.24, 2.45) is 0 Å². The van der Waals surface area contributed by atoms with Crippen LogP contribution in [0.15, 0.2) is 176 Å². The predicted molar refractivity (Wildman–Crippen MR) is 359 cm³/mol. The molecule has 0 aliphatic carbocycles. The Balaban J connectivity index is 0.000000638. The molecule has 0 aromatic heterocycles. The summed E-state index contributed by atoms with van der Waals surface area (Å²) in [6.45, 7) is 13.3. The number of alkyl halides is 27. The second kappa shape index (κ2) is 41.5. The Labute approximate surface area is 628 Å². The average Bonchev–Trinajstić information content (AvgIpc) is 0.794. The maximum atomic E-state index is 12.2. The van der Waals surface area contributed by atoms with Crippen molar-refractivity contribution < 1.29 is 119 Å². The van der Waals surface area contributed by atoms with E-state index in [1.165, 1.54) is 56.3 Å². The number of hydrogen-bond donors (Lipinski definition) is 0. The van der Waals surface area contributed by atoms with Crippen LogP contribution in [0.25, 0.3) is 0 Å². The van der Waals surface area contributed by atoms with Crippen LogP contribution < -0.4 is 0 Å². The second-order valence-electron chi connectivity index (χ2n) is 23.2. The second-order valence-corrected chi connectivity index (χ2v) is 23.2. The molecule has 0 aliphatic rings. The maximum absolute atomic E-state index is 12.2. The minimum Gasteiger partial charge on any atom is -0.192 e. The van der Waals surface area contributed by atoms with E-state index in [0.717, 1.165) is 73.0 Å². The Morgan fingerprint density at radius 2 is 0.522 bits per heavy atom. The molecule has 7 nitrogen and oxygen atoms in total. The highest BCUT2D eigenvalue weighted by Crippen LogP contribution is 2.41. The molecule has 0 fully saturated rings. The number of halogens is 27. The molecule has 9 aromatic rings. The zero-order valence-electron chi connectivity index (χ0n) is 59.6. The van der Waals surface area contributed by atoms with Gasteiger partial charge in [-0.15, -0.1) is 0 Å². The molecule has 0 heterocycles. The number of benzene rings is 9. The number of rotatable bonds is 0. The summed E-state index contributed by atoms with van der Waals surface area (Å²) >= 11 is 0. The Morgan fingerprint density at radius 1 is 0.195 bits per heavy atom. The van der Waals surface area contributed by atoms with Crippen molar-refractivity contribution in [1.29, 1.82) is 36.8 Å². The van der Waals surface area contributed by atoms with E-state index in [0.29, 0.717) is 80.4 Å². The molecule has 0 amide bonds. The van der Waals surface area contributed by atoms with E-state index in [2.05, 4.69) is 0 Å². The van der Waals surface area contributed by atoms with Gasteiger partial charge >= 0.3 is 55.6 Å². The van der Waals surface area contributed by atoms with Crippen LogP contribution in [0.1, 0.15) is 139 Å². The SMILES string of the molecule is Cc1c(C#N)cc(C#N)cc1C#N.Cc1c(C(F)(F)F)cccc1C(F)(F)F.Cc1cc(C#N)cc(C#N)c1.Cc1cc(C(F)(F)F)cc(C(F)(F)F)c1.Cc1ccc(C#N)cc1C#N.Cc1ccc(C(F)(F)F)cc1.Cc1ccc(C(F)(F)F)cc1C(F)(F)F.Cc1cccc(C(F)(F)F)c1.Cc1ccccc1C(F)(F)F. The summed E-state index contributed by atoms with van der Waals surface area (Å²) < 4.78 is 327. The lowest BCUT2D eigenvalue weighted by atomic mass is 10.0. The maximum Gasteiger partial charge on any atom is 0.416 e. The molecule has 0 unspecified atom stereocenters. The normalized spacial score (nSPS) is 11.1. The van der Waals surface area contributed by atoms with Crippen molar-refractivity contribution in [3.8, 4) is 42.5 Å². The van der Waals surface area contributed by atoms with Gasteiger partial charge in [0.05, 0.1) is 131 Å². The standard InChI is InChI=1S/C10H5N3.3C9H6F6.2C9H6N2.3C8H7F3/c1-7-9(5-12)2-8(4-11)3-10(7)6-13;1-5-2-6(8(10,11)12)4-7(3-5)9(13,14)15;1-5-2-3-6(8(10,11)12)4-7(5)9(13,14)15;1-5-6(8(10,11)12)3-2-4-7(5)9(13,14)15;1-7-2-8(5-10)4-9(3-7)6-11;1-7-2-3-8(5-10)4-9(7)6-11;1-6-2-4-7(5-3-6)8(9,10)11;1-6-3-2-4-7(5-6)8(9,10)11;1-6-4-2-3-5-7(6)8(9,10)11/h2-3H,1H3;3*2-4H,1H3;2*2-4H,1H3;3*2-5H,1H3. The first-order valence-electron chi connectivity index (χ1n) is 31.0. The van der Waals surface area contributed by atoms with Crippen molar-refractivity contribution in [2.75, 3.05) is 0 Å². The molecule has 0 N–H and O–H groups in total. The molecular weight excluding hydrogens is 1560 g/mol. The van der Waals surface area contributed by atoms with Crippen molar-refractivity contribution in [3.63, 3.8) is 0 Å². The summed E-state index contributed by atoms with van der Waals surface area (Å²) in [5.74, 6) is 0. The molecule has 0 saturated carbocycles. The Morgan fingerprint density at radius 3 is 0.876 bits per heavy atom. The van der Waals surface area contributed by atoms with Crippen LogP contribution in [0.3, 0.4) is 0 Å². The molecular formula is C79H56F27N7. The monoisotopic (exact) mass is 1620 g/mol. The van der Waals surface area contributed by atoms with Crippen LogP contribution >= 0.6 is 0 Å². The van der Waals surface area contributed by atoms with Gasteiger partial charge in [-0.3, -0.25) is 0 Å². The van der Waals surface area contributed by atoms with E-state index >= 15 is 0 Å². The molecule has 0 atom stereocenters. The average molecular weight is 1620 g/mol. The van der Waals surface area contributed by atoms with E-state index in [4.69, 9.17) is 36.8 Å². The van der Waals surface area contributed by atoms with Gasteiger partial charge in [0.25, 0.3) is 0 Å². The highest BCUT2D eigenvalue weighted by Gasteiger charge is 2.41. The fourth-order valence-corrected chi connectivity index (χ4v) is 8.65. The largest absolute Gasteiger partial charge is 0.416 e. The van der Waals surface area contributed by atoms with Gasteiger partial charge in [0.15, 0.2) is 0 Å². The van der Waals surface area contributed by atoms with Crippen molar-refractivity contribution in [3.05, 3.63) is 315 Å². The Bertz CT molecular complexity index is 4830. The van der Waals surface area contributed by atoms with Gasteiger partial charge < -0.3 is 0 Å². The third-order valence-corrected chi connectivity index (χ3v) is 14.3. The van der Waals surface area contributed by atoms with Gasteiger partial charge in [-0.2, -0.15) is 155 Å². The molecule has 9 rings (SSSR count). The highest BCUT2D eigenvalue weighted by atomic mass is 19.4. The molecule has 34 heteroatoms. The van der Waals surface area contributed by atoms with Crippen LogP contribution in [0.2, 0.25) is 0 Å². The molecule has 0 bridgehead atoms. The lowest BCUT2D eigenvalue weighted by Gasteiger charge is -2.15. The van der Waals surface area contributed by atoms with E-state index in [1.807, 2.05) is 56.3 Å². The summed E-state index contributed by atoms with van der Waals surface area (Å²) in [5.41, 5.74) is -2.93. The highest BCUT2D eigenvalue weighted by molar-refractivity contribution is 5.53. The van der Waals surface area contributed by atoms with Crippen LogP contribution in [0, 0.1) is 142 Å². The van der Waals surface area contributed by atoms with Crippen molar-refractivity contribution in [1.82, 2.24) is 0 Å². The molecule has 0 spiro atoms. The molecule has 596 valence electrons. The molecule has 0 saturated heterocycles. The Kier molecular flexibility index (Phi) is 36.2. The number of nitrogens with zero attached hydrogens (tertiary/aromatic N) is 7. The van der Waals surface area contributed by atoms with Crippen LogP contribution in [0.4, 0.5) is 119 Å². The van der Waals surface area contributed by atoms with Crippen LogP contribution in [-0.2, 0) is 55.6 Å². The van der Waals surface area contributed by atoms with Gasteiger partial charge in [0, 0.05) is 0 Å². The zero-order chi connectivity index (χ0) is 87.4. The van der Waals surface area contributed by atoms with Crippen LogP contribution in [0.5, 0.6) is 0 Å². The third kappa shape index (κ3) is 34.1. The van der Waals surface area contributed by atoms with E-state index in [-0.39, 0.29) is 28.8 Å². The molecule has 113 heavy (non-hydrogen) atoms. The first-order chi connectivity index (χ1) is 51.6. The number of hydrogen-bond acceptors (Lipinski definition) is 7. The van der Waals surface area contributed by atoms with Gasteiger partial charge in [-0.05, 0) is 210 Å². The minimum absolute atomic E-state index is 0.0721. The summed E-state index contributed by atoms with van der Waals surface area (Å²) in [6, 6.07) is 47.7. The molecule has 0 aliphatic heterocycles. The number of nitriles is 7. The van der Waals surface area contributed by atoms with Gasteiger partial charge in [-0.1, -0.05) is 77.9 Å². The van der Waals surface area contributed by atoms with Gasteiger partial charge in [0.2, 0.25) is 0 Å². The Hall–Kier alpha value is -12.5. The lowest BCUT2D eigenvalue weighted by Crippen LogP contribution is -2.14. The van der Waals surface area contributed by atoms with Gasteiger partial charge in [-0.25, -0.2) is 0 Å². The van der Waals surface area contributed by atoms with Crippen LogP contribution in [-0.4, -0.2) is 0 Å². The summed E-state index contributed by atoms with van der Waals surface area (Å²) in [7, 11) is 0. The molecule has 9 aromatic carbocycles. The summed E-state index contributed by atoms with van der Waals surface area (Å²) in [5, 5.41) is 60.1. The molecule has 0 radical (unpaired) electrons. The van der Waals surface area contributed by atoms with E-state index in [9.17, 15) is 119 Å². The van der Waals surface area contributed by atoms with Crippen molar-refractivity contribution in [2.45, 2.75) is 118 Å². The smallest absolute Gasteiger partial charge is 0.192 e. The van der Waals surface area contributed by atoms with E-state index in [1.54, 1.807) is 69.3 Å². The summed E-state index contributed by atoms with van der Waals surface area (Å²) in [6.07, 6.45) is -41.2. The summed E-state index contributed by atoms with van der Waals surface area (Å²) in [4.78, 5) is 0. The topological polar surface area (TPSA) is 167 Å². The lowest BCUT2D eigenvalue weighted by molar-refractivity contribution is -0.145. The van der Waals surface area contributed by atoms with Gasteiger partial charge in [0.1, 0.15) is 0 Å². The predicted octanol–water partition coefficient (Wildman–Crippen LogP) is 26.2. The van der Waals surface area contributed by atoms with E-state index < -0.39 is 111 Å².